The maximum atomic E-state index is 12.8. The lowest BCUT2D eigenvalue weighted by molar-refractivity contribution is 0.252. The smallest absolute Gasteiger partial charge is 0.319 e. The van der Waals surface area contributed by atoms with Gasteiger partial charge in [0.2, 0.25) is 0 Å². The highest BCUT2D eigenvalue weighted by Gasteiger charge is 2.01. The van der Waals surface area contributed by atoms with Gasteiger partial charge in [-0.05, 0) is 48.2 Å². The van der Waals surface area contributed by atoms with Gasteiger partial charge in [0.05, 0.1) is 0 Å². The van der Waals surface area contributed by atoms with Crippen LogP contribution in [0.1, 0.15) is 18.1 Å². The predicted octanol–water partition coefficient (Wildman–Crippen LogP) is 3.75. The summed E-state index contributed by atoms with van der Waals surface area (Å²) in [6.07, 6.45) is 1.65. The molecule has 0 aliphatic heterocycles. The minimum absolute atomic E-state index is 0.235. The van der Waals surface area contributed by atoms with Crippen molar-refractivity contribution < 1.29 is 9.18 Å². The molecule has 0 aromatic heterocycles. The molecule has 0 spiro atoms. The van der Waals surface area contributed by atoms with E-state index in [1.807, 2.05) is 24.3 Å². The lowest BCUT2D eigenvalue weighted by Crippen LogP contribution is -2.30. The van der Waals surface area contributed by atoms with Gasteiger partial charge >= 0.3 is 6.03 Å². The van der Waals surface area contributed by atoms with E-state index in [4.69, 9.17) is 0 Å². The summed E-state index contributed by atoms with van der Waals surface area (Å²) in [5.41, 5.74) is 2.99. The summed E-state index contributed by atoms with van der Waals surface area (Å²) >= 11 is 0. The van der Waals surface area contributed by atoms with Crippen molar-refractivity contribution in [3.05, 3.63) is 65.5 Å². The molecule has 2 rings (SSSR count). The Kier molecular flexibility index (Phi) is 5.32. The Labute approximate surface area is 124 Å². The molecule has 0 heterocycles. The molecule has 2 aromatic carbocycles. The van der Waals surface area contributed by atoms with Crippen LogP contribution in [0.5, 0.6) is 0 Å². The molecule has 4 heteroatoms. The average Bonchev–Trinajstić information content (AvgIpc) is 2.50. The molecule has 2 amide bonds. The Balaban J connectivity index is 1.75. The van der Waals surface area contributed by atoms with E-state index in [0.717, 1.165) is 17.7 Å². The van der Waals surface area contributed by atoms with Crippen molar-refractivity contribution in [2.24, 2.45) is 0 Å². The van der Waals surface area contributed by atoms with Crippen LogP contribution in [0.3, 0.4) is 0 Å². The predicted molar refractivity (Wildman–Crippen MR) is 82.9 cm³/mol. The number of hydrogen-bond acceptors (Lipinski definition) is 1. The Morgan fingerprint density at radius 1 is 1.00 bits per heavy atom. The molecule has 0 fully saturated rings. The van der Waals surface area contributed by atoms with Crippen molar-refractivity contribution >= 4 is 11.7 Å². The molecule has 0 radical (unpaired) electrons. The molecule has 2 aromatic rings. The number of carbonyl (C=O) groups is 1. The maximum absolute atomic E-state index is 12.8. The summed E-state index contributed by atoms with van der Waals surface area (Å²) in [6, 6.07) is 13.8. The van der Waals surface area contributed by atoms with Gasteiger partial charge in [-0.1, -0.05) is 31.2 Å². The number of rotatable bonds is 5. The van der Waals surface area contributed by atoms with E-state index in [1.54, 1.807) is 12.1 Å². The number of aryl methyl sites for hydroxylation is 1. The number of amides is 2. The number of nitrogens with one attached hydrogen (secondary N) is 2. The Bertz CT molecular complexity index is 579. The van der Waals surface area contributed by atoms with Crippen LogP contribution in [-0.4, -0.2) is 12.6 Å². The summed E-state index contributed by atoms with van der Waals surface area (Å²) in [7, 11) is 0. The van der Waals surface area contributed by atoms with Crippen LogP contribution in [0, 0.1) is 5.82 Å². The van der Waals surface area contributed by atoms with E-state index in [0.29, 0.717) is 13.0 Å². The number of carbonyl (C=O) groups excluding carboxylic acids is 1. The topological polar surface area (TPSA) is 41.1 Å². The second kappa shape index (κ2) is 7.43. The normalized spacial score (nSPS) is 10.2. The van der Waals surface area contributed by atoms with Crippen LogP contribution >= 0.6 is 0 Å². The van der Waals surface area contributed by atoms with Gasteiger partial charge in [-0.2, -0.15) is 0 Å². The van der Waals surface area contributed by atoms with Gasteiger partial charge in [0.15, 0.2) is 0 Å². The fourth-order valence-corrected chi connectivity index (χ4v) is 1.97. The standard InChI is InChI=1S/C17H19FN2O/c1-2-13-5-9-16(10-6-13)20-17(21)19-12-11-14-3-7-15(18)8-4-14/h3-10H,2,11-12H2,1H3,(H2,19,20,21). The first-order chi connectivity index (χ1) is 10.2. The minimum atomic E-state index is -0.250. The molecule has 0 saturated carbocycles. The summed E-state index contributed by atoms with van der Waals surface area (Å²) in [5, 5.41) is 5.56. The third kappa shape index (κ3) is 4.91. The highest BCUT2D eigenvalue weighted by molar-refractivity contribution is 5.89. The Morgan fingerprint density at radius 2 is 1.62 bits per heavy atom. The monoisotopic (exact) mass is 286 g/mol. The highest BCUT2D eigenvalue weighted by Crippen LogP contribution is 2.09. The first-order valence-electron chi connectivity index (χ1n) is 7.05. The fraction of sp³-hybridized carbons (Fsp3) is 0.235. The molecule has 0 aliphatic rings. The number of hydrogen-bond donors (Lipinski definition) is 2. The van der Waals surface area contributed by atoms with Gasteiger partial charge in [0, 0.05) is 12.2 Å². The number of urea groups is 1. The van der Waals surface area contributed by atoms with Gasteiger partial charge in [-0.3, -0.25) is 0 Å². The van der Waals surface area contributed by atoms with E-state index < -0.39 is 0 Å². The number of anilines is 1. The summed E-state index contributed by atoms with van der Waals surface area (Å²) in [5.74, 6) is -0.250. The first kappa shape index (κ1) is 15.0. The lowest BCUT2D eigenvalue weighted by atomic mass is 10.1. The van der Waals surface area contributed by atoms with Crippen LogP contribution in [0.4, 0.5) is 14.9 Å². The van der Waals surface area contributed by atoms with E-state index in [2.05, 4.69) is 17.6 Å². The number of benzene rings is 2. The molecule has 110 valence electrons. The van der Waals surface area contributed by atoms with Gasteiger partial charge in [0.25, 0.3) is 0 Å². The van der Waals surface area contributed by atoms with E-state index >= 15 is 0 Å². The van der Waals surface area contributed by atoms with Crippen molar-refractivity contribution in [3.63, 3.8) is 0 Å². The molecule has 2 N–H and O–H groups in total. The molecular weight excluding hydrogens is 267 g/mol. The van der Waals surface area contributed by atoms with Crippen LogP contribution in [0.15, 0.2) is 48.5 Å². The van der Waals surface area contributed by atoms with Crippen LogP contribution in [-0.2, 0) is 12.8 Å². The van der Waals surface area contributed by atoms with Crippen molar-refractivity contribution in [3.8, 4) is 0 Å². The van der Waals surface area contributed by atoms with Gasteiger partial charge in [0.1, 0.15) is 5.82 Å². The van der Waals surface area contributed by atoms with E-state index in [9.17, 15) is 9.18 Å². The second-order valence-corrected chi connectivity index (χ2v) is 4.81. The van der Waals surface area contributed by atoms with Crippen LogP contribution < -0.4 is 10.6 Å². The van der Waals surface area contributed by atoms with E-state index in [-0.39, 0.29) is 11.8 Å². The van der Waals surface area contributed by atoms with Crippen molar-refractivity contribution in [1.82, 2.24) is 5.32 Å². The van der Waals surface area contributed by atoms with Gasteiger partial charge < -0.3 is 10.6 Å². The Hall–Kier alpha value is -2.36. The summed E-state index contributed by atoms with van der Waals surface area (Å²) in [4.78, 5) is 11.7. The number of halogens is 1. The quantitative estimate of drug-likeness (QED) is 0.863. The second-order valence-electron chi connectivity index (χ2n) is 4.81. The summed E-state index contributed by atoms with van der Waals surface area (Å²) < 4.78 is 12.8. The fourth-order valence-electron chi connectivity index (χ4n) is 1.97. The molecule has 0 saturated heterocycles. The molecule has 0 atom stereocenters. The van der Waals surface area contributed by atoms with Crippen LogP contribution in [0.25, 0.3) is 0 Å². The van der Waals surface area contributed by atoms with Gasteiger partial charge in [-0.25, -0.2) is 9.18 Å². The summed E-state index contributed by atoms with van der Waals surface area (Å²) in [6.45, 7) is 2.59. The molecule has 0 unspecified atom stereocenters. The average molecular weight is 286 g/mol. The molecule has 0 aliphatic carbocycles. The maximum Gasteiger partial charge on any atom is 0.319 e. The molecule has 21 heavy (non-hydrogen) atoms. The SMILES string of the molecule is CCc1ccc(NC(=O)NCCc2ccc(F)cc2)cc1. The highest BCUT2D eigenvalue weighted by atomic mass is 19.1. The third-order valence-corrected chi connectivity index (χ3v) is 3.23. The van der Waals surface area contributed by atoms with Crippen molar-refractivity contribution in [2.75, 3.05) is 11.9 Å². The Morgan fingerprint density at radius 3 is 2.24 bits per heavy atom. The largest absolute Gasteiger partial charge is 0.338 e. The van der Waals surface area contributed by atoms with Crippen LogP contribution in [0.2, 0.25) is 0 Å². The lowest BCUT2D eigenvalue weighted by Gasteiger charge is -2.08. The molecule has 0 bridgehead atoms. The molecule has 3 nitrogen and oxygen atoms in total. The zero-order chi connectivity index (χ0) is 15.1. The van der Waals surface area contributed by atoms with Gasteiger partial charge in [-0.15, -0.1) is 0 Å². The zero-order valence-corrected chi connectivity index (χ0v) is 12.0. The minimum Gasteiger partial charge on any atom is -0.338 e. The third-order valence-electron chi connectivity index (χ3n) is 3.23. The zero-order valence-electron chi connectivity index (χ0n) is 12.0. The molecular formula is C17H19FN2O. The first-order valence-corrected chi connectivity index (χ1v) is 7.05. The van der Waals surface area contributed by atoms with Crippen molar-refractivity contribution in [1.29, 1.82) is 0 Å². The van der Waals surface area contributed by atoms with E-state index in [1.165, 1.54) is 17.7 Å². The van der Waals surface area contributed by atoms with Crippen molar-refractivity contribution in [2.45, 2.75) is 19.8 Å².